The minimum absolute atomic E-state index is 0.0109. The SMILES string of the molecule is Cc1ccc(-c2nnn(CC(=O)NC[C@@H]3COc4ccccc4O3)n2)cc1. The lowest BCUT2D eigenvalue weighted by atomic mass is 10.1. The Hall–Kier alpha value is -3.42. The minimum Gasteiger partial charge on any atom is -0.486 e. The highest BCUT2D eigenvalue weighted by Gasteiger charge is 2.21. The number of tetrazole rings is 1. The molecule has 2 aromatic carbocycles. The molecule has 1 amide bonds. The van der Waals surface area contributed by atoms with Crippen molar-refractivity contribution in [2.45, 2.75) is 19.6 Å². The van der Waals surface area contributed by atoms with Gasteiger partial charge < -0.3 is 14.8 Å². The van der Waals surface area contributed by atoms with Crippen LogP contribution < -0.4 is 14.8 Å². The standard InChI is InChI=1S/C19H19N5O3/c1-13-6-8-14(9-7-13)19-21-23-24(22-19)11-18(25)20-10-15-12-26-16-4-2-3-5-17(16)27-15/h2-9,15H,10-12H2,1H3,(H,20,25)/t15-/m1/s1. The summed E-state index contributed by atoms with van der Waals surface area (Å²) in [5.74, 6) is 1.67. The number of carbonyl (C=O) groups is 1. The Bertz CT molecular complexity index is 939. The summed E-state index contributed by atoms with van der Waals surface area (Å²) in [6.45, 7) is 2.73. The van der Waals surface area contributed by atoms with Crippen molar-refractivity contribution >= 4 is 5.91 Å². The van der Waals surface area contributed by atoms with Crippen LogP contribution in [0.25, 0.3) is 11.4 Å². The van der Waals surface area contributed by atoms with Crippen LogP contribution in [0.2, 0.25) is 0 Å². The van der Waals surface area contributed by atoms with E-state index in [4.69, 9.17) is 9.47 Å². The second-order valence-electron chi connectivity index (χ2n) is 6.31. The fourth-order valence-corrected chi connectivity index (χ4v) is 2.70. The molecule has 4 rings (SSSR count). The van der Waals surface area contributed by atoms with Gasteiger partial charge in [-0.1, -0.05) is 42.0 Å². The van der Waals surface area contributed by atoms with Gasteiger partial charge in [0.15, 0.2) is 11.5 Å². The van der Waals surface area contributed by atoms with Crippen molar-refractivity contribution in [3.63, 3.8) is 0 Å². The third-order valence-electron chi connectivity index (χ3n) is 4.14. The molecule has 1 aliphatic rings. The predicted octanol–water partition coefficient (Wildman–Crippen LogP) is 1.60. The number of carbonyl (C=O) groups excluding carboxylic acids is 1. The third kappa shape index (κ3) is 4.05. The number of fused-ring (bicyclic) bond motifs is 1. The number of aryl methyl sites for hydroxylation is 1. The van der Waals surface area contributed by atoms with Crippen LogP contribution in [0.4, 0.5) is 0 Å². The number of aromatic nitrogens is 4. The summed E-state index contributed by atoms with van der Waals surface area (Å²) in [6, 6.07) is 15.3. The zero-order valence-electron chi connectivity index (χ0n) is 14.8. The first-order valence-electron chi connectivity index (χ1n) is 8.67. The fourth-order valence-electron chi connectivity index (χ4n) is 2.70. The number of amides is 1. The van der Waals surface area contributed by atoms with Gasteiger partial charge in [0, 0.05) is 5.56 Å². The Labute approximate surface area is 156 Å². The molecule has 0 fully saturated rings. The van der Waals surface area contributed by atoms with Gasteiger partial charge in [-0.2, -0.15) is 4.80 Å². The number of ether oxygens (including phenoxy) is 2. The van der Waals surface area contributed by atoms with E-state index < -0.39 is 0 Å². The number of hydrogen-bond donors (Lipinski definition) is 1. The van der Waals surface area contributed by atoms with Gasteiger partial charge in [0.1, 0.15) is 19.3 Å². The molecule has 0 bridgehead atoms. The smallest absolute Gasteiger partial charge is 0.243 e. The third-order valence-corrected chi connectivity index (χ3v) is 4.14. The Morgan fingerprint density at radius 2 is 1.96 bits per heavy atom. The van der Waals surface area contributed by atoms with Crippen LogP contribution in [-0.4, -0.2) is 45.4 Å². The van der Waals surface area contributed by atoms with Gasteiger partial charge >= 0.3 is 0 Å². The van der Waals surface area contributed by atoms with Crippen molar-refractivity contribution < 1.29 is 14.3 Å². The summed E-state index contributed by atoms with van der Waals surface area (Å²) < 4.78 is 11.4. The molecule has 27 heavy (non-hydrogen) atoms. The molecule has 1 aliphatic heterocycles. The van der Waals surface area contributed by atoms with Gasteiger partial charge in [-0.3, -0.25) is 4.79 Å². The quantitative estimate of drug-likeness (QED) is 0.739. The van der Waals surface area contributed by atoms with Crippen molar-refractivity contribution in [1.82, 2.24) is 25.5 Å². The van der Waals surface area contributed by atoms with E-state index in [1.165, 1.54) is 4.80 Å². The van der Waals surface area contributed by atoms with E-state index in [-0.39, 0.29) is 18.6 Å². The number of rotatable bonds is 5. The van der Waals surface area contributed by atoms with Crippen LogP contribution in [0.5, 0.6) is 11.5 Å². The van der Waals surface area contributed by atoms with Crippen molar-refractivity contribution in [2.75, 3.05) is 13.2 Å². The highest BCUT2D eigenvalue weighted by Crippen LogP contribution is 2.30. The summed E-state index contributed by atoms with van der Waals surface area (Å²) in [7, 11) is 0. The average Bonchev–Trinajstić information content (AvgIpc) is 3.15. The molecule has 0 aliphatic carbocycles. The molecule has 0 saturated carbocycles. The molecule has 1 N–H and O–H groups in total. The Balaban J connectivity index is 1.29. The van der Waals surface area contributed by atoms with E-state index in [1.807, 2.05) is 55.5 Å². The minimum atomic E-state index is -0.240. The second-order valence-corrected chi connectivity index (χ2v) is 6.31. The predicted molar refractivity (Wildman–Crippen MR) is 97.4 cm³/mol. The Morgan fingerprint density at radius 3 is 2.78 bits per heavy atom. The number of benzene rings is 2. The molecule has 138 valence electrons. The Kier molecular flexibility index (Phi) is 4.69. The normalized spacial score (nSPS) is 15.4. The lowest BCUT2D eigenvalue weighted by Crippen LogP contribution is -2.41. The zero-order chi connectivity index (χ0) is 18.6. The van der Waals surface area contributed by atoms with Crippen molar-refractivity contribution in [3.05, 3.63) is 54.1 Å². The van der Waals surface area contributed by atoms with Crippen LogP contribution in [0.15, 0.2) is 48.5 Å². The monoisotopic (exact) mass is 365 g/mol. The maximum Gasteiger partial charge on any atom is 0.243 e. The molecule has 8 heteroatoms. The molecule has 1 aromatic heterocycles. The van der Waals surface area contributed by atoms with Crippen molar-refractivity contribution in [2.24, 2.45) is 0 Å². The maximum atomic E-state index is 12.2. The summed E-state index contributed by atoms with van der Waals surface area (Å²) in [6.07, 6.45) is -0.240. The average molecular weight is 365 g/mol. The molecular weight excluding hydrogens is 346 g/mol. The fraction of sp³-hybridized carbons (Fsp3) is 0.263. The molecule has 0 radical (unpaired) electrons. The lowest BCUT2D eigenvalue weighted by molar-refractivity contribution is -0.122. The van der Waals surface area contributed by atoms with Crippen LogP contribution in [-0.2, 0) is 11.3 Å². The largest absolute Gasteiger partial charge is 0.486 e. The van der Waals surface area contributed by atoms with Crippen molar-refractivity contribution in [1.29, 1.82) is 0 Å². The first-order valence-corrected chi connectivity index (χ1v) is 8.67. The van der Waals surface area contributed by atoms with E-state index in [1.54, 1.807) is 0 Å². The number of hydrogen-bond acceptors (Lipinski definition) is 6. The molecule has 0 saturated heterocycles. The molecular formula is C19H19N5O3. The summed E-state index contributed by atoms with van der Waals surface area (Å²) in [4.78, 5) is 13.4. The van der Waals surface area contributed by atoms with Crippen LogP contribution in [0, 0.1) is 6.92 Å². The summed E-state index contributed by atoms with van der Waals surface area (Å²) in [5, 5.41) is 15.0. The second kappa shape index (κ2) is 7.45. The van der Waals surface area contributed by atoms with Gasteiger partial charge in [0.25, 0.3) is 0 Å². The van der Waals surface area contributed by atoms with Crippen LogP contribution in [0.3, 0.4) is 0 Å². The van der Waals surface area contributed by atoms with E-state index in [2.05, 4.69) is 20.7 Å². The molecule has 1 atom stereocenters. The van der Waals surface area contributed by atoms with E-state index in [0.29, 0.717) is 24.7 Å². The number of nitrogens with one attached hydrogen (secondary N) is 1. The van der Waals surface area contributed by atoms with E-state index in [0.717, 1.165) is 16.9 Å². The van der Waals surface area contributed by atoms with Gasteiger partial charge in [-0.05, 0) is 24.3 Å². The van der Waals surface area contributed by atoms with Gasteiger partial charge in [0.05, 0.1) is 6.54 Å². The summed E-state index contributed by atoms with van der Waals surface area (Å²) in [5.41, 5.74) is 2.01. The van der Waals surface area contributed by atoms with Gasteiger partial charge in [0.2, 0.25) is 11.7 Å². The highest BCUT2D eigenvalue weighted by molar-refractivity contribution is 5.75. The molecule has 0 spiro atoms. The Morgan fingerprint density at radius 1 is 1.19 bits per heavy atom. The van der Waals surface area contributed by atoms with Gasteiger partial charge in [-0.15, -0.1) is 10.2 Å². The molecule has 3 aromatic rings. The van der Waals surface area contributed by atoms with E-state index in [9.17, 15) is 4.79 Å². The maximum absolute atomic E-state index is 12.2. The van der Waals surface area contributed by atoms with Crippen LogP contribution in [0.1, 0.15) is 5.56 Å². The highest BCUT2D eigenvalue weighted by atomic mass is 16.6. The van der Waals surface area contributed by atoms with Gasteiger partial charge in [-0.25, -0.2) is 0 Å². The first kappa shape index (κ1) is 17.0. The zero-order valence-corrected chi connectivity index (χ0v) is 14.8. The molecule has 0 unspecified atom stereocenters. The summed E-state index contributed by atoms with van der Waals surface area (Å²) >= 11 is 0. The number of nitrogens with zero attached hydrogens (tertiary/aromatic N) is 4. The van der Waals surface area contributed by atoms with E-state index >= 15 is 0 Å². The lowest BCUT2D eigenvalue weighted by Gasteiger charge is -2.26. The molecule has 2 heterocycles. The number of para-hydroxylation sites is 2. The first-order chi connectivity index (χ1) is 13.2. The molecule has 8 nitrogen and oxygen atoms in total. The van der Waals surface area contributed by atoms with Crippen molar-refractivity contribution in [3.8, 4) is 22.9 Å². The van der Waals surface area contributed by atoms with Crippen LogP contribution >= 0.6 is 0 Å². The topological polar surface area (TPSA) is 91.2 Å².